The van der Waals surface area contributed by atoms with Gasteiger partial charge in [0, 0.05) is 18.3 Å². The van der Waals surface area contributed by atoms with Crippen LogP contribution in [-0.4, -0.2) is 52.6 Å². The Bertz CT molecular complexity index is 1290. The molecule has 3 aromatic rings. The maximum Gasteiger partial charge on any atom is 0.261 e. The molecule has 0 fully saturated rings. The number of benzene rings is 3. The lowest BCUT2D eigenvalue weighted by molar-refractivity contribution is 0.0520. The van der Waals surface area contributed by atoms with Crippen molar-refractivity contribution in [3.8, 4) is 17.2 Å². The van der Waals surface area contributed by atoms with Gasteiger partial charge in [-0.05, 0) is 61.0 Å². The molecular formula is C25H26N2O6S. The largest absolute Gasteiger partial charge is 0.497 e. The molecule has 0 spiro atoms. The molecule has 8 nitrogen and oxygen atoms in total. The topological polar surface area (TPSA) is 94.2 Å². The lowest BCUT2D eigenvalue weighted by atomic mass is 10.1. The highest BCUT2D eigenvalue weighted by atomic mass is 32.2. The monoisotopic (exact) mass is 482 g/mol. The molecular weight excluding hydrogens is 456 g/mol. The van der Waals surface area contributed by atoms with Gasteiger partial charge in [-0.1, -0.05) is 18.2 Å². The summed E-state index contributed by atoms with van der Waals surface area (Å²) in [6, 6.07) is 18.4. The first-order chi connectivity index (χ1) is 16.3. The first kappa shape index (κ1) is 23.4. The van der Waals surface area contributed by atoms with Crippen LogP contribution in [0.2, 0.25) is 0 Å². The molecule has 1 unspecified atom stereocenters. The number of likely N-dealkylation sites (N-methyl/N-ethyl adjacent to an activating group) is 1. The number of hydrogen-bond donors (Lipinski definition) is 1. The highest BCUT2D eigenvalue weighted by molar-refractivity contribution is 7.92. The average Bonchev–Trinajstić information content (AvgIpc) is 2.84. The Hall–Kier alpha value is -3.72. The standard InChI is InChI=1S/C25H26N2O6S/c1-17-8-13-21(34(29,30)26-18-9-11-19(31-3)12-10-18)14-22(17)25(28)27(2)15-20-16-32-23-6-4-5-7-24(23)33-20/h4-14,20,26H,15-16H2,1-3H3. The summed E-state index contributed by atoms with van der Waals surface area (Å²) >= 11 is 0. The maximum atomic E-state index is 13.2. The Balaban J connectivity index is 1.48. The van der Waals surface area contributed by atoms with E-state index in [2.05, 4.69) is 4.72 Å². The van der Waals surface area contributed by atoms with Crippen LogP contribution in [-0.2, 0) is 10.0 Å². The molecule has 178 valence electrons. The highest BCUT2D eigenvalue weighted by Crippen LogP contribution is 2.31. The number of carbonyl (C=O) groups is 1. The van der Waals surface area contributed by atoms with E-state index in [0.717, 1.165) is 0 Å². The second kappa shape index (κ2) is 9.64. The van der Waals surface area contributed by atoms with E-state index in [9.17, 15) is 13.2 Å². The van der Waals surface area contributed by atoms with Gasteiger partial charge in [0.15, 0.2) is 17.6 Å². The molecule has 9 heteroatoms. The minimum Gasteiger partial charge on any atom is -0.497 e. The molecule has 1 atom stereocenters. The number of rotatable bonds is 7. The van der Waals surface area contributed by atoms with Crippen LogP contribution in [0.1, 0.15) is 15.9 Å². The van der Waals surface area contributed by atoms with Crippen LogP contribution >= 0.6 is 0 Å². The summed E-state index contributed by atoms with van der Waals surface area (Å²) in [5.41, 5.74) is 1.37. The van der Waals surface area contributed by atoms with E-state index in [1.165, 1.54) is 24.1 Å². The number of fused-ring (bicyclic) bond motifs is 1. The second-order valence-electron chi connectivity index (χ2n) is 7.99. The van der Waals surface area contributed by atoms with Crippen LogP contribution in [0, 0.1) is 6.92 Å². The fourth-order valence-corrected chi connectivity index (χ4v) is 4.70. The van der Waals surface area contributed by atoms with E-state index in [0.29, 0.717) is 40.7 Å². The van der Waals surface area contributed by atoms with Crippen LogP contribution in [0.5, 0.6) is 17.2 Å². The van der Waals surface area contributed by atoms with Gasteiger partial charge < -0.3 is 19.1 Å². The molecule has 4 rings (SSSR count). The molecule has 0 radical (unpaired) electrons. The Morgan fingerprint density at radius 2 is 1.79 bits per heavy atom. The van der Waals surface area contributed by atoms with Gasteiger partial charge in [-0.15, -0.1) is 0 Å². The van der Waals surface area contributed by atoms with Crippen LogP contribution in [0.4, 0.5) is 5.69 Å². The number of sulfonamides is 1. The Labute approximate surface area is 199 Å². The van der Waals surface area contributed by atoms with E-state index >= 15 is 0 Å². The fraction of sp³-hybridized carbons (Fsp3) is 0.240. The Morgan fingerprint density at radius 3 is 2.50 bits per heavy atom. The zero-order valence-electron chi connectivity index (χ0n) is 19.1. The number of aryl methyl sites for hydroxylation is 1. The summed E-state index contributed by atoms with van der Waals surface area (Å²) in [5.74, 6) is 1.62. The van der Waals surface area contributed by atoms with Crippen LogP contribution in [0.3, 0.4) is 0 Å². The summed E-state index contributed by atoms with van der Waals surface area (Å²) in [6.45, 7) is 2.37. The number of para-hydroxylation sites is 2. The van der Waals surface area contributed by atoms with E-state index in [4.69, 9.17) is 14.2 Å². The molecule has 34 heavy (non-hydrogen) atoms. The number of hydrogen-bond acceptors (Lipinski definition) is 6. The highest BCUT2D eigenvalue weighted by Gasteiger charge is 2.26. The number of ether oxygens (including phenoxy) is 3. The van der Waals surface area contributed by atoms with Crippen molar-refractivity contribution in [1.82, 2.24) is 4.90 Å². The SMILES string of the molecule is COc1ccc(NS(=O)(=O)c2ccc(C)c(C(=O)N(C)CC3COc4ccccc4O3)c2)cc1. The van der Waals surface area contributed by atoms with Crippen molar-refractivity contribution in [3.63, 3.8) is 0 Å². The van der Waals surface area contributed by atoms with Crippen molar-refractivity contribution in [2.24, 2.45) is 0 Å². The van der Waals surface area contributed by atoms with Gasteiger partial charge in [0.1, 0.15) is 12.4 Å². The zero-order valence-corrected chi connectivity index (χ0v) is 20.0. The predicted molar refractivity (Wildman–Crippen MR) is 128 cm³/mol. The van der Waals surface area contributed by atoms with Crippen LogP contribution < -0.4 is 18.9 Å². The molecule has 1 amide bonds. The Kier molecular flexibility index (Phi) is 6.65. The van der Waals surface area contributed by atoms with E-state index < -0.39 is 10.0 Å². The molecule has 3 aromatic carbocycles. The fourth-order valence-electron chi connectivity index (χ4n) is 3.62. The van der Waals surface area contributed by atoms with Gasteiger partial charge in [-0.3, -0.25) is 9.52 Å². The zero-order chi connectivity index (χ0) is 24.3. The summed E-state index contributed by atoms with van der Waals surface area (Å²) in [7, 11) is -0.708. The smallest absolute Gasteiger partial charge is 0.261 e. The van der Waals surface area contributed by atoms with Gasteiger partial charge in [0.2, 0.25) is 0 Å². The normalized spacial score (nSPS) is 14.9. The van der Waals surface area contributed by atoms with Gasteiger partial charge in [0.25, 0.3) is 15.9 Å². The van der Waals surface area contributed by atoms with Crippen molar-refractivity contribution in [1.29, 1.82) is 0 Å². The van der Waals surface area contributed by atoms with Crippen LogP contribution in [0.15, 0.2) is 71.6 Å². The quantitative estimate of drug-likeness (QED) is 0.552. The molecule has 1 aliphatic rings. The number of amides is 1. The van der Waals surface area contributed by atoms with E-state index in [1.807, 2.05) is 24.3 Å². The van der Waals surface area contributed by atoms with E-state index in [-0.39, 0.29) is 23.5 Å². The lowest BCUT2D eigenvalue weighted by Crippen LogP contribution is -2.42. The minimum atomic E-state index is -3.90. The number of nitrogens with one attached hydrogen (secondary N) is 1. The van der Waals surface area contributed by atoms with Crippen molar-refractivity contribution in [2.45, 2.75) is 17.9 Å². The van der Waals surface area contributed by atoms with Gasteiger partial charge >= 0.3 is 0 Å². The number of carbonyl (C=O) groups excluding carboxylic acids is 1. The Morgan fingerprint density at radius 1 is 1.09 bits per heavy atom. The van der Waals surface area contributed by atoms with Crippen molar-refractivity contribution >= 4 is 21.6 Å². The minimum absolute atomic E-state index is 0.00292. The average molecular weight is 483 g/mol. The summed E-state index contributed by atoms with van der Waals surface area (Å²) in [4.78, 5) is 14.7. The first-order valence-electron chi connectivity index (χ1n) is 10.7. The number of nitrogens with zero attached hydrogens (tertiary/aromatic N) is 1. The molecule has 0 aromatic heterocycles. The first-order valence-corrected chi connectivity index (χ1v) is 12.2. The molecule has 1 N–H and O–H groups in total. The molecule has 1 heterocycles. The van der Waals surface area contributed by atoms with Crippen molar-refractivity contribution in [3.05, 3.63) is 77.9 Å². The molecule has 0 saturated carbocycles. The third kappa shape index (κ3) is 5.09. The predicted octanol–water partition coefficient (Wildman–Crippen LogP) is 3.72. The summed E-state index contributed by atoms with van der Waals surface area (Å²) < 4.78 is 45.2. The van der Waals surface area contributed by atoms with Crippen molar-refractivity contribution < 1.29 is 27.4 Å². The number of methoxy groups -OCH3 is 1. The summed E-state index contributed by atoms with van der Waals surface area (Å²) in [5, 5.41) is 0. The van der Waals surface area contributed by atoms with E-state index in [1.54, 1.807) is 44.3 Å². The van der Waals surface area contributed by atoms with Crippen LogP contribution in [0.25, 0.3) is 0 Å². The number of anilines is 1. The molecule has 0 saturated heterocycles. The van der Waals surface area contributed by atoms with Gasteiger partial charge in [-0.25, -0.2) is 8.42 Å². The third-order valence-corrected chi connectivity index (χ3v) is 6.86. The maximum absolute atomic E-state index is 13.2. The van der Waals surface area contributed by atoms with Gasteiger partial charge in [0.05, 0.1) is 18.6 Å². The molecule has 0 aliphatic carbocycles. The second-order valence-corrected chi connectivity index (χ2v) is 9.68. The third-order valence-electron chi connectivity index (χ3n) is 5.48. The summed E-state index contributed by atoms with van der Waals surface area (Å²) in [6.07, 6.45) is -0.340. The molecule has 0 bridgehead atoms. The molecule has 1 aliphatic heterocycles. The van der Waals surface area contributed by atoms with Gasteiger partial charge in [-0.2, -0.15) is 0 Å². The van der Waals surface area contributed by atoms with Crippen molar-refractivity contribution in [2.75, 3.05) is 32.0 Å². The lowest BCUT2D eigenvalue weighted by Gasteiger charge is -2.29.